The first kappa shape index (κ1) is 14.8. The van der Waals surface area contributed by atoms with Crippen LogP contribution < -0.4 is 5.32 Å². The zero-order valence-electron chi connectivity index (χ0n) is 12.5. The van der Waals surface area contributed by atoms with Gasteiger partial charge in [0.1, 0.15) is 0 Å². The van der Waals surface area contributed by atoms with Gasteiger partial charge in [0.05, 0.1) is 0 Å². The molecule has 0 aromatic carbocycles. The monoisotopic (exact) mass is 293 g/mol. The smallest absolute Gasteiger partial charge is 0.0303 e. The predicted octanol–water partition coefficient (Wildman–Crippen LogP) is 5.01. The summed E-state index contributed by atoms with van der Waals surface area (Å²) < 4.78 is 0. The van der Waals surface area contributed by atoms with Gasteiger partial charge in [-0.1, -0.05) is 20.8 Å². The molecule has 0 spiro atoms. The van der Waals surface area contributed by atoms with Gasteiger partial charge in [0.25, 0.3) is 0 Å². The average Bonchev–Trinajstić information content (AvgIpc) is 2.87. The van der Waals surface area contributed by atoms with Gasteiger partial charge in [-0.3, -0.25) is 0 Å². The van der Waals surface area contributed by atoms with E-state index in [-0.39, 0.29) is 5.41 Å². The summed E-state index contributed by atoms with van der Waals surface area (Å²) in [6.45, 7) is 13.1. The Bertz CT molecular complexity index is 524. The van der Waals surface area contributed by atoms with Gasteiger partial charge in [0.2, 0.25) is 0 Å². The Morgan fingerprint density at radius 3 is 2.21 bits per heavy atom. The Labute approximate surface area is 124 Å². The van der Waals surface area contributed by atoms with Gasteiger partial charge in [0.15, 0.2) is 0 Å². The van der Waals surface area contributed by atoms with E-state index >= 15 is 0 Å². The van der Waals surface area contributed by atoms with Crippen molar-refractivity contribution in [3.05, 3.63) is 43.3 Å². The molecule has 0 fully saturated rings. The Hall–Kier alpha value is -0.640. The molecule has 1 N–H and O–H groups in total. The molecule has 19 heavy (non-hydrogen) atoms. The maximum absolute atomic E-state index is 3.54. The van der Waals surface area contributed by atoms with Crippen molar-refractivity contribution in [2.45, 2.75) is 53.1 Å². The standard InChI is InChI=1S/C16H23NS2/c1-11-8-14(18-12(11)2)10-17-9-13-6-7-15(19-13)16(3,4)5/h6-8,17H,9-10H2,1-5H3. The number of nitrogens with one attached hydrogen (secondary N) is 1. The van der Waals surface area contributed by atoms with E-state index in [2.05, 4.69) is 58.1 Å². The van der Waals surface area contributed by atoms with Crippen LogP contribution in [0.5, 0.6) is 0 Å². The highest BCUT2D eigenvalue weighted by Crippen LogP contribution is 2.29. The van der Waals surface area contributed by atoms with Gasteiger partial charge in [-0.15, -0.1) is 22.7 Å². The molecule has 2 aromatic rings. The first-order valence-corrected chi connectivity index (χ1v) is 8.35. The third-order valence-electron chi connectivity index (χ3n) is 3.22. The molecule has 0 saturated carbocycles. The van der Waals surface area contributed by atoms with Crippen molar-refractivity contribution in [3.8, 4) is 0 Å². The van der Waals surface area contributed by atoms with Crippen LogP contribution in [0.4, 0.5) is 0 Å². The summed E-state index contributed by atoms with van der Waals surface area (Å²) in [6, 6.07) is 6.81. The molecular weight excluding hydrogens is 270 g/mol. The Balaban J connectivity index is 1.87. The molecule has 0 amide bonds. The molecule has 1 nitrogen and oxygen atoms in total. The summed E-state index contributed by atoms with van der Waals surface area (Å²) in [7, 11) is 0. The first-order valence-electron chi connectivity index (χ1n) is 6.72. The summed E-state index contributed by atoms with van der Waals surface area (Å²) >= 11 is 3.82. The molecule has 0 aliphatic carbocycles. The van der Waals surface area contributed by atoms with E-state index in [0.717, 1.165) is 13.1 Å². The summed E-state index contributed by atoms with van der Waals surface area (Å²) in [5.41, 5.74) is 1.68. The largest absolute Gasteiger partial charge is 0.307 e. The number of hydrogen-bond acceptors (Lipinski definition) is 3. The molecule has 2 aromatic heterocycles. The summed E-state index contributed by atoms with van der Waals surface area (Å²) in [4.78, 5) is 5.76. The zero-order valence-corrected chi connectivity index (χ0v) is 14.1. The molecule has 0 bridgehead atoms. The van der Waals surface area contributed by atoms with Crippen LogP contribution >= 0.6 is 22.7 Å². The minimum Gasteiger partial charge on any atom is -0.307 e. The minimum absolute atomic E-state index is 0.269. The van der Waals surface area contributed by atoms with Crippen molar-refractivity contribution in [1.29, 1.82) is 0 Å². The van der Waals surface area contributed by atoms with E-state index in [1.165, 1.54) is 25.1 Å². The Morgan fingerprint density at radius 2 is 1.68 bits per heavy atom. The molecule has 0 aliphatic heterocycles. The molecule has 104 valence electrons. The second kappa shape index (κ2) is 5.78. The van der Waals surface area contributed by atoms with Crippen molar-refractivity contribution in [1.82, 2.24) is 5.32 Å². The highest BCUT2D eigenvalue weighted by molar-refractivity contribution is 7.12. The van der Waals surface area contributed by atoms with Gasteiger partial charge >= 0.3 is 0 Å². The average molecular weight is 294 g/mol. The lowest BCUT2D eigenvalue weighted by Crippen LogP contribution is -2.11. The molecule has 0 radical (unpaired) electrons. The predicted molar refractivity (Wildman–Crippen MR) is 87.4 cm³/mol. The van der Waals surface area contributed by atoms with Gasteiger partial charge in [-0.05, 0) is 43.0 Å². The highest BCUT2D eigenvalue weighted by Gasteiger charge is 2.15. The van der Waals surface area contributed by atoms with E-state index < -0.39 is 0 Å². The topological polar surface area (TPSA) is 12.0 Å². The fraction of sp³-hybridized carbons (Fsp3) is 0.500. The van der Waals surface area contributed by atoms with Crippen LogP contribution in [-0.4, -0.2) is 0 Å². The zero-order chi connectivity index (χ0) is 14.0. The lowest BCUT2D eigenvalue weighted by Gasteiger charge is -2.15. The van der Waals surface area contributed by atoms with E-state index in [0.29, 0.717) is 0 Å². The Morgan fingerprint density at radius 1 is 1.00 bits per heavy atom. The number of hydrogen-bond donors (Lipinski definition) is 1. The number of thiophene rings is 2. The molecule has 2 rings (SSSR count). The van der Waals surface area contributed by atoms with Crippen molar-refractivity contribution in [2.24, 2.45) is 0 Å². The van der Waals surface area contributed by atoms with Gasteiger partial charge in [-0.2, -0.15) is 0 Å². The van der Waals surface area contributed by atoms with Crippen LogP contribution in [0.15, 0.2) is 18.2 Å². The summed E-state index contributed by atoms with van der Waals surface area (Å²) in [5, 5.41) is 3.54. The number of rotatable bonds is 4. The normalized spacial score (nSPS) is 12.1. The van der Waals surface area contributed by atoms with Crippen LogP contribution in [0.25, 0.3) is 0 Å². The van der Waals surface area contributed by atoms with Crippen LogP contribution in [0.3, 0.4) is 0 Å². The Kier molecular flexibility index (Phi) is 4.49. The van der Waals surface area contributed by atoms with Gasteiger partial charge < -0.3 is 5.32 Å². The summed E-state index contributed by atoms with van der Waals surface area (Å²) in [6.07, 6.45) is 0. The lowest BCUT2D eigenvalue weighted by molar-refractivity contribution is 0.604. The lowest BCUT2D eigenvalue weighted by atomic mass is 9.95. The molecule has 0 aliphatic rings. The molecule has 0 saturated heterocycles. The van der Waals surface area contributed by atoms with Crippen LogP contribution in [0, 0.1) is 13.8 Å². The second-order valence-corrected chi connectivity index (χ2v) is 8.58. The SMILES string of the molecule is Cc1cc(CNCc2ccc(C(C)(C)C)s2)sc1C. The summed E-state index contributed by atoms with van der Waals surface area (Å²) in [5.74, 6) is 0. The quantitative estimate of drug-likeness (QED) is 0.835. The van der Waals surface area contributed by atoms with Crippen LogP contribution in [-0.2, 0) is 18.5 Å². The number of aryl methyl sites for hydroxylation is 2. The third-order valence-corrected chi connectivity index (χ3v) is 5.88. The van der Waals surface area contributed by atoms with Crippen molar-refractivity contribution >= 4 is 22.7 Å². The molecule has 0 atom stereocenters. The minimum atomic E-state index is 0.269. The van der Waals surface area contributed by atoms with E-state index in [9.17, 15) is 0 Å². The van der Waals surface area contributed by atoms with Crippen molar-refractivity contribution < 1.29 is 0 Å². The van der Waals surface area contributed by atoms with Crippen LogP contribution in [0.1, 0.15) is 45.8 Å². The second-order valence-electron chi connectivity index (χ2n) is 6.07. The van der Waals surface area contributed by atoms with E-state index in [4.69, 9.17) is 0 Å². The maximum atomic E-state index is 3.54. The molecule has 2 heterocycles. The van der Waals surface area contributed by atoms with Crippen LogP contribution in [0.2, 0.25) is 0 Å². The molecule has 3 heteroatoms. The van der Waals surface area contributed by atoms with E-state index in [1.54, 1.807) is 0 Å². The van der Waals surface area contributed by atoms with Gasteiger partial charge in [0, 0.05) is 32.6 Å². The fourth-order valence-electron chi connectivity index (χ4n) is 1.92. The highest BCUT2D eigenvalue weighted by atomic mass is 32.1. The fourth-order valence-corrected chi connectivity index (χ4v) is 3.98. The maximum Gasteiger partial charge on any atom is 0.0303 e. The van der Waals surface area contributed by atoms with Crippen molar-refractivity contribution in [2.75, 3.05) is 0 Å². The van der Waals surface area contributed by atoms with E-state index in [1.807, 2.05) is 22.7 Å². The van der Waals surface area contributed by atoms with Gasteiger partial charge in [-0.25, -0.2) is 0 Å². The third kappa shape index (κ3) is 3.91. The molecule has 0 unspecified atom stereocenters. The first-order chi connectivity index (χ1) is 8.86. The van der Waals surface area contributed by atoms with Crippen molar-refractivity contribution in [3.63, 3.8) is 0 Å². The molecular formula is C16H23NS2.